The van der Waals surface area contributed by atoms with E-state index in [4.69, 9.17) is 0 Å². The highest BCUT2D eigenvalue weighted by atomic mass is 32.1. The van der Waals surface area contributed by atoms with E-state index in [0.717, 1.165) is 0 Å². The molecule has 0 N–H and O–H groups in total. The van der Waals surface area contributed by atoms with Crippen molar-refractivity contribution < 1.29 is 0 Å². The van der Waals surface area contributed by atoms with Gasteiger partial charge in [0, 0.05) is 4.88 Å². The van der Waals surface area contributed by atoms with Crippen LogP contribution in [0, 0.1) is 0 Å². The molecule has 1 aromatic carbocycles. The second-order valence-corrected chi connectivity index (χ2v) is 5.25. The van der Waals surface area contributed by atoms with Crippen molar-refractivity contribution in [2.75, 3.05) is 0 Å². The van der Waals surface area contributed by atoms with Gasteiger partial charge in [0.25, 0.3) is 0 Å². The molecule has 0 saturated carbocycles. The molecule has 0 fully saturated rings. The van der Waals surface area contributed by atoms with E-state index in [0.29, 0.717) is 0 Å². The Kier molecular flexibility index (Phi) is 3.57. The maximum Gasteiger partial charge on any atom is 0.0342 e. The molecular formula is C18H14S. The van der Waals surface area contributed by atoms with Gasteiger partial charge in [-0.3, -0.25) is 0 Å². The maximum atomic E-state index is 2.14. The van der Waals surface area contributed by atoms with Crippen molar-refractivity contribution in [2.24, 2.45) is 0 Å². The molecule has 92 valence electrons. The van der Waals surface area contributed by atoms with Crippen molar-refractivity contribution in [2.45, 2.75) is 0 Å². The molecule has 2 aliphatic carbocycles. The molecule has 1 heteroatoms. The Balaban J connectivity index is 0.000000122. The fourth-order valence-corrected chi connectivity index (χ4v) is 2.79. The average molecular weight is 262 g/mol. The minimum Gasteiger partial charge on any atom is -0.144 e. The number of hydrogen-bond donors (Lipinski definition) is 0. The van der Waals surface area contributed by atoms with Gasteiger partial charge in [-0.2, -0.15) is 0 Å². The van der Waals surface area contributed by atoms with E-state index in [9.17, 15) is 0 Å². The molecule has 0 saturated heterocycles. The zero-order valence-electron chi connectivity index (χ0n) is 10.5. The van der Waals surface area contributed by atoms with Gasteiger partial charge in [-0.05, 0) is 28.2 Å². The summed E-state index contributed by atoms with van der Waals surface area (Å²) in [5.41, 5.74) is 4.01. The van der Waals surface area contributed by atoms with Crippen molar-refractivity contribution in [3.8, 4) is 10.4 Å². The summed E-state index contributed by atoms with van der Waals surface area (Å²) in [7, 11) is 0. The second-order valence-electron chi connectivity index (χ2n) is 4.31. The number of hydrogen-bond acceptors (Lipinski definition) is 1. The summed E-state index contributed by atoms with van der Waals surface area (Å²) in [5.74, 6) is 0. The normalized spacial score (nSPS) is 14.5. The molecule has 1 aromatic heterocycles. The van der Waals surface area contributed by atoms with E-state index in [-0.39, 0.29) is 0 Å². The molecule has 0 radical (unpaired) electrons. The fraction of sp³-hybridized carbons (Fsp3) is 0. The van der Waals surface area contributed by atoms with Crippen LogP contribution in [0.1, 0.15) is 0 Å². The van der Waals surface area contributed by atoms with Gasteiger partial charge < -0.3 is 0 Å². The van der Waals surface area contributed by atoms with Crippen LogP contribution >= 0.6 is 11.3 Å². The predicted molar refractivity (Wildman–Crippen MR) is 84.2 cm³/mol. The highest BCUT2D eigenvalue weighted by Crippen LogP contribution is 2.24. The maximum absolute atomic E-state index is 2.14. The SMILES string of the molecule is C1=CC2=CC=CC2=C1.c1ccc(-c2cccs2)cc1. The van der Waals surface area contributed by atoms with Crippen LogP contribution in [-0.4, -0.2) is 0 Å². The summed E-state index contributed by atoms with van der Waals surface area (Å²) < 4.78 is 0. The van der Waals surface area contributed by atoms with Crippen molar-refractivity contribution in [1.29, 1.82) is 0 Å². The van der Waals surface area contributed by atoms with Crippen LogP contribution in [0.3, 0.4) is 0 Å². The van der Waals surface area contributed by atoms with Crippen molar-refractivity contribution in [1.82, 2.24) is 0 Å². The lowest BCUT2D eigenvalue weighted by Gasteiger charge is -1.93. The largest absolute Gasteiger partial charge is 0.144 e. The Hall–Kier alpha value is -2.12. The second kappa shape index (κ2) is 5.68. The zero-order chi connectivity index (χ0) is 12.9. The molecule has 0 bridgehead atoms. The van der Waals surface area contributed by atoms with E-state index < -0.39 is 0 Å². The molecule has 2 aliphatic rings. The Labute approximate surface area is 117 Å². The molecule has 4 rings (SSSR count). The first-order valence-corrected chi connectivity index (χ1v) is 7.17. The standard InChI is InChI=1S/C10H8S.C8H6/c1-2-5-9(6-3-1)10-7-4-8-11-10;1-3-7-5-2-6-8(7)4-1/h1-8H;1-6H. The molecule has 19 heavy (non-hydrogen) atoms. The van der Waals surface area contributed by atoms with Gasteiger partial charge >= 0.3 is 0 Å². The van der Waals surface area contributed by atoms with Gasteiger partial charge in [-0.1, -0.05) is 72.9 Å². The van der Waals surface area contributed by atoms with Gasteiger partial charge in [-0.25, -0.2) is 0 Å². The van der Waals surface area contributed by atoms with Crippen LogP contribution in [0.5, 0.6) is 0 Å². The summed E-state index contributed by atoms with van der Waals surface area (Å²) in [6.07, 6.45) is 12.6. The molecule has 0 amide bonds. The van der Waals surface area contributed by atoms with Crippen LogP contribution in [0.4, 0.5) is 0 Å². The molecule has 0 unspecified atom stereocenters. The molecular weight excluding hydrogens is 248 g/mol. The van der Waals surface area contributed by atoms with Crippen LogP contribution in [-0.2, 0) is 0 Å². The van der Waals surface area contributed by atoms with Gasteiger partial charge in [0.2, 0.25) is 0 Å². The predicted octanol–water partition coefficient (Wildman–Crippen LogP) is 5.39. The number of thiophene rings is 1. The quantitative estimate of drug-likeness (QED) is 0.646. The first-order chi connectivity index (χ1) is 9.43. The molecule has 0 atom stereocenters. The lowest BCUT2D eigenvalue weighted by atomic mass is 10.2. The van der Waals surface area contributed by atoms with Crippen LogP contribution in [0.2, 0.25) is 0 Å². The van der Waals surface area contributed by atoms with Gasteiger partial charge in [-0.15, -0.1) is 11.3 Å². The topological polar surface area (TPSA) is 0 Å². The Morgan fingerprint density at radius 1 is 0.684 bits per heavy atom. The zero-order valence-corrected chi connectivity index (χ0v) is 11.3. The van der Waals surface area contributed by atoms with E-state index in [2.05, 4.69) is 78.2 Å². The minimum absolute atomic E-state index is 1.31. The van der Waals surface area contributed by atoms with Gasteiger partial charge in [0.05, 0.1) is 0 Å². The third-order valence-electron chi connectivity index (χ3n) is 3.02. The molecule has 0 aliphatic heterocycles. The first kappa shape index (κ1) is 11.9. The monoisotopic (exact) mass is 262 g/mol. The smallest absolute Gasteiger partial charge is 0.0342 e. The summed E-state index contributed by atoms with van der Waals surface area (Å²) in [4.78, 5) is 1.34. The van der Waals surface area contributed by atoms with Crippen LogP contribution in [0.15, 0.2) is 95.4 Å². The van der Waals surface area contributed by atoms with Crippen molar-refractivity contribution in [3.63, 3.8) is 0 Å². The Morgan fingerprint density at radius 3 is 1.95 bits per heavy atom. The van der Waals surface area contributed by atoms with Gasteiger partial charge in [0.15, 0.2) is 0 Å². The van der Waals surface area contributed by atoms with E-state index in [1.165, 1.54) is 21.6 Å². The molecule has 0 spiro atoms. The third kappa shape index (κ3) is 2.83. The van der Waals surface area contributed by atoms with Crippen molar-refractivity contribution >= 4 is 11.3 Å². The Bertz CT molecular complexity index is 627. The lowest BCUT2D eigenvalue weighted by molar-refractivity contribution is 1.69. The summed E-state index contributed by atoms with van der Waals surface area (Å²) >= 11 is 1.78. The number of fused-ring (bicyclic) bond motifs is 1. The number of rotatable bonds is 1. The average Bonchev–Trinajstić information content (AvgIpc) is 3.18. The molecule has 1 heterocycles. The summed E-state index contributed by atoms with van der Waals surface area (Å²) in [6, 6.07) is 14.6. The minimum atomic E-state index is 1.31. The highest BCUT2D eigenvalue weighted by molar-refractivity contribution is 7.13. The van der Waals surface area contributed by atoms with Gasteiger partial charge in [0.1, 0.15) is 0 Å². The highest BCUT2D eigenvalue weighted by Gasteiger charge is 2.04. The van der Waals surface area contributed by atoms with Crippen molar-refractivity contribution in [3.05, 3.63) is 95.4 Å². The molecule has 0 nitrogen and oxygen atoms in total. The Morgan fingerprint density at radius 2 is 1.37 bits per heavy atom. The lowest BCUT2D eigenvalue weighted by Crippen LogP contribution is -1.67. The molecule has 2 aromatic rings. The first-order valence-electron chi connectivity index (χ1n) is 6.29. The summed E-state index contributed by atoms with van der Waals surface area (Å²) in [5, 5.41) is 2.10. The third-order valence-corrected chi connectivity index (χ3v) is 3.93. The fourth-order valence-electron chi connectivity index (χ4n) is 2.05. The number of benzene rings is 1. The number of allylic oxidation sites excluding steroid dienone is 8. The van der Waals surface area contributed by atoms with Crippen LogP contribution < -0.4 is 0 Å². The van der Waals surface area contributed by atoms with E-state index in [1.54, 1.807) is 11.3 Å². The summed E-state index contributed by atoms with van der Waals surface area (Å²) in [6.45, 7) is 0. The van der Waals surface area contributed by atoms with Crippen LogP contribution in [0.25, 0.3) is 10.4 Å². The van der Waals surface area contributed by atoms with E-state index >= 15 is 0 Å². The van der Waals surface area contributed by atoms with E-state index in [1.807, 2.05) is 6.07 Å².